The Kier molecular flexibility index (Phi) is 8.37. The number of hydrogen-bond acceptors (Lipinski definition) is 5. The fourth-order valence-corrected chi connectivity index (χ4v) is 7.32. The molecule has 3 N–H and O–H groups in total. The Balaban J connectivity index is 1.24. The van der Waals surface area contributed by atoms with Crippen LogP contribution >= 0.6 is 0 Å². The van der Waals surface area contributed by atoms with Gasteiger partial charge in [0.1, 0.15) is 11.6 Å². The lowest BCUT2D eigenvalue weighted by Crippen LogP contribution is -2.48. The van der Waals surface area contributed by atoms with Crippen LogP contribution in [0.25, 0.3) is 0 Å². The number of rotatable bonds is 8. The van der Waals surface area contributed by atoms with Crippen molar-refractivity contribution >= 4 is 23.4 Å². The van der Waals surface area contributed by atoms with Gasteiger partial charge in [0, 0.05) is 30.7 Å². The monoisotopic (exact) mass is 643 g/mol. The van der Waals surface area contributed by atoms with E-state index in [9.17, 15) is 37.1 Å². The number of allylic oxidation sites excluding steroid dienone is 1. The largest absolute Gasteiger partial charge is 0.496 e. The Morgan fingerprint density at radius 2 is 1.83 bits per heavy atom. The van der Waals surface area contributed by atoms with E-state index in [0.29, 0.717) is 43.0 Å². The van der Waals surface area contributed by atoms with Crippen LogP contribution in [0.2, 0.25) is 0 Å². The van der Waals surface area contributed by atoms with Crippen molar-refractivity contribution in [2.75, 3.05) is 25.5 Å². The van der Waals surface area contributed by atoms with Crippen LogP contribution in [0.4, 0.5) is 23.2 Å². The van der Waals surface area contributed by atoms with Crippen molar-refractivity contribution in [3.63, 3.8) is 0 Å². The number of halogens is 4. The third-order valence-corrected chi connectivity index (χ3v) is 9.76. The first-order valence-electron chi connectivity index (χ1n) is 15.6. The highest BCUT2D eigenvalue weighted by Crippen LogP contribution is 2.54. The number of β-amino-alcohol motifs (C(OH)–C–C–N with tert-alkyl or cyclic N) is 1. The number of benzene rings is 2. The van der Waals surface area contributed by atoms with Gasteiger partial charge in [-0.3, -0.25) is 14.4 Å². The van der Waals surface area contributed by atoms with Gasteiger partial charge in [-0.05, 0) is 86.8 Å². The molecule has 46 heavy (non-hydrogen) atoms. The van der Waals surface area contributed by atoms with Crippen molar-refractivity contribution in [1.82, 2.24) is 10.2 Å². The SMILES string of the molecule is COc1ccc(CC(=O)N2CCC(C)(O)C2)cc1C(=O)NC1C(C(=O)Nc2ccc(F)c(C(F)(F)F)c2)[C@H]2CC[C@@H]1/C2=C\C1CC1. The first kappa shape index (κ1) is 32.0. The van der Waals surface area contributed by atoms with Gasteiger partial charge in [-0.2, -0.15) is 13.2 Å². The predicted molar refractivity (Wildman–Crippen MR) is 160 cm³/mol. The molecule has 3 unspecified atom stereocenters. The van der Waals surface area contributed by atoms with Crippen molar-refractivity contribution in [2.45, 2.75) is 63.3 Å². The number of alkyl halides is 3. The topological polar surface area (TPSA) is 108 Å². The molecule has 0 radical (unpaired) electrons. The van der Waals surface area contributed by atoms with Crippen LogP contribution in [0.5, 0.6) is 5.75 Å². The number of aliphatic hydroxyl groups is 1. The van der Waals surface area contributed by atoms with Gasteiger partial charge in [0.15, 0.2) is 0 Å². The molecule has 4 aliphatic rings. The number of likely N-dealkylation sites (tertiary alicyclic amines) is 1. The van der Waals surface area contributed by atoms with E-state index < -0.39 is 46.9 Å². The normalized spacial score (nSPS) is 28.1. The number of ether oxygens (including phenoxy) is 1. The first-order chi connectivity index (χ1) is 21.7. The Bertz CT molecular complexity index is 1580. The zero-order chi connectivity index (χ0) is 33.0. The molecule has 1 saturated heterocycles. The molecule has 0 spiro atoms. The van der Waals surface area contributed by atoms with Gasteiger partial charge < -0.3 is 25.4 Å². The second-order valence-corrected chi connectivity index (χ2v) is 13.3. The molecule has 1 heterocycles. The summed E-state index contributed by atoms with van der Waals surface area (Å²) in [5, 5.41) is 15.9. The summed E-state index contributed by atoms with van der Waals surface area (Å²) in [7, 11) is 1.42. The molecule has 1 aliphatic heterocycles. The van der Waals surface area contributed by atoms with Gasteiger partial charge >= 0.3 is 6.18 Å². The minimum absolute atomic E-state index is 0.0192. The molecular weight excluding hydrogens is 606 g/mol. The summed E-state index contributed by atoms with van der Waals surface area (Å²) in [5.74, 6) is -3.04. The summed E-state index contributed by atoms with van der Waals surface area (Å²) in [4.78, 5) is 42.1. The molecule has 3 aliphatic carbocycles. The van der Waals surface area contributed by atoms with Gasteiger partial charge in [0.05, 0.1) is 36.2 Å². The zero-order valence-corrected chi connectivity index (χ0v) is 25.6. The lowest BCUT2D eigenvalue weighted by molar-refractivity contribution is -0.140. The molecule has 2 aromatic rings. The summed E-state index contributed by atoms with van der Waals surface area (Å²) >= 11 is 0. The molecule has 4 fully saturated rings. The maximum Gasteiger partial charge on any atom is 0.419 e. The van der Waals surface area contributed by atoms with Crippen molar-refractivity contribution in [1.29, 1.82) is 0 Å². The van der Waals surface area contributed by atoms with Crippen LogP contribution in [0.3, 0.4) is 0 Å². The van der Waals surface area contributed by atoms with Crippen molar-refractivity contribution < 1.29 is 41.8 Å². The minimum Gasteiger partial charge on any atom is -0.496 e. The number of fused-ring (bicyclic) bond motifs is 2. The van der Waals surface area contributed by atoms with E-state index in [4.69, 9.17) is 4.74 Å². The zero-order valence-electron chi connectivity index (χ0n) is 25.6. The van der Waals surface area contributed by atoms with Crippen molar-refractivity contribution in [3.8, 4) is 5.75 Å². The van der Waals surface area contributed by atoms with Crippen LogP contribution in [0.15, 0.2) is 48.0 Å². The Labute approximate surface area is 264 Å². The number of anilines is 1. The molecule has 8 nitrogen and oxygen atoms in total. The average molecular weight is 644 g/mol. The third kappa shape index (κ3) is 6.49. The number of amides is 3. The number of nitrogens with zero attached hydrogens (tertiary/aromatic N) is 1. The van der Waals surface area contributed by atoms with Crippen LogP contribution in [0, 0.1) is 29.5 Å². The van der Waals surface area contributed by atoms with E-state index in [1.54, 1.807) is 30.0 Å². The number of nitrogens with one attached hydrogen (secondary N) is 2. The molecule has 0 aromatic heterocycles. The number of carbonyl (C=O) groups excluding carboxylic acids is 3. The standard InChI is InChI=1S/C34H37F4N3O5/c1-33(45)11-12-41(17-33)28(42)15-19-5-10-27(46-2)24(14-19)31(43)40-30-22-8-7-21(23(22)13-18-3-4-18)29(30)32(44)39-20-6-9-26(35)25(16-20)34(36,37)38/h5-6,9-10,13-14,16,18,21-22,29-30,45H,3-4,7-8,11-12,15,17H2,1-2H3,(H,39,44)(H,40,43)/b23-13-/t21-,22+,29?,30?,33?/m0/s1. The van der Waals surface area contributed by atoms with Crippen LogP contribution < -0.4 is 15.4 Å². The van der Waals surface area contributed by atoms with Crippen molar-refractivity contribution in [3.05, 3.63) is 70.6 Å². The third-order valence-electron chi connectivity index (χ3n) is 9.76. The quantitative estimate of drug-likeness (QED) is 0.274. The van der Waals surface area contributed by atoms with Crippen LogP contribution in [0.1, 0.15) is 60.5 Å². The fraction of sp³-hybridized carbons (Fsp3) is 0.500. The number of carbonyl (C=O) groups is 3. The van der Waals surface area contributed by atoms with E-state index in [1.807, 2.05) is 0 Å². The maximum absolute atomic E-state index is 13.9. The predicted octanol–water partition coefficient (Wildman–Crippen LogP) is 5.11. The minimum atomic E-state index is -4.93. The summed E-state index contributed by atoms with van der Waals surface area (Å²) < 4.78 is 59.4. The second kappa shape index (κ2) is 12.0. The molecule has 2 bridgehead atoms. The first-order valence-corrected chi connectivity index (χ1v) is 15.6. The fourth-order valence-electron chi connectivity index (χ4n) is 7.32. The van der Waals surface area contributed by atoms with Crippen molar-refractivity contribution in [2.24, 2.45) is 23.7 Å². The second-order valence-electron chi connectivity index (χ2n) is 13.3. The summed E-state index contributed by atoms with van der Waals surface area (Å²) in [5.41, 5.74) is -0.736. The van der Waals surface area contributed by atoms with Gasteiger partial charge in [0.2, 0.25) is 11.8 Å². The number of methoxy groups -OCH3 is 1. The lowest BCUT2D eigenvalue weighted by atomic mass is 9.83. The van der Waals surface area contributed by atoms with Gasteiger partial charge in [-0.15, -0.1) is 0 Å². The summed E-state index contributed by atoms with van der Waals surface area (Å²) in [6, 6.07) is 6.59. The number of hydrogen-bond donors (Lipinski definition) is 3. The average Bonchev–Trinajstić information content (AvgIpc) is 3.53. The molecule has 3 amide bonds. The smallest absolute Gasteiger partial charge is 0.419 e. The van der Waals surface area contributed by atoms with E-state index in [2.05, 4.69) is 16.7 Å². The molecular formula is C34H37F4N3O5. The lowest BCUT2D eigenvalue weighted by Gasteiger charge is -2.30. The van der Waals surface area contributed by atoms with Gasteiger partial charge in [-0.1, -0.05) is 17.7 Å². The molecule has 12 heteroatoms. The molecule has 3 saturated carbocycles. The summed E-state index contributed by atoms with van der Waals surface area (Å²) in [6.45, 7) is 2.36. The maximum atomic E-state index is 13.9. The van der Waals surface area contributed by atoms with E-state index in [-0.39, 0.29) is 47.7 Å². The Morgan fingerprint density at radius 1 is 1.09 bits per heavy atom. The highest BCUT2D eigenvalue weighted by molar-refractivity contribution is 5.99. The molecule has 246 valence electrons. The van der Waals surface area contributed by atoms with Crippen LogP contribution in [-0.4, -0.2) is 59.6 Å². The van der Waals surface area contributed by atoms with Gasteiger partial charge in [-0.25, -0.2) is 4.39 Å². The van der Waals surface area contributed by atoms with Crippen LogP contribution in [-0.2, 0) is 22.2 Å². The van der Waals surface area contributed by atoms with E-state index >= 15 is 0 Å². The molecule has 6 rings (SSSR count). The highest BCUT2D eigenvalue weighted by atomic mass is 19.4. The highest BCUT2D eigenvalue weighted by Gasteiger charge is 2.55. The van der Waals surface area contributed by atoms with E-state index in [1.165, 1.54) is 7.11 Å². The van der Waals surface area contributed by atoms with E-state index in [0.717, 1.165) is 30.9 Å². The Morgan fingerprint density at radius 3 is 2.48 bits per heavy atom. The van der Waals surface area contributed by atoms with Gasteiger partial charge in [0.25, 0.3) is 5.91 Å². The summed E-state index contributed by atoms with van der Waals surface area (Å²) in [6.07, 6.45) is 1.30. The Hall–Kier alpha value is -3.93. The molecule has 2 aromatic carbocycles. The molecule has 5 atom stereocenters.